The van der Waals surface area contributed by atoms with E-state index >= 15 is 0 Å². The third-order valence-corrected chi connectivity index (χ3v) is 2.58. The highest BCUT2D eigenvalue weighted by Gasteiger charge is 2.18. The summed E-state index contributed by atoms with van der Waals surface area (Å²) in [5, 5.41) is 3.10. The van der Waals surface area contributed by atoms with Gasteiger partial charge in [0.05, 0.1) is 17.7 Å². The van der Waals surface area contributed by atoms with Crippen LogP contribution in [0.25, 0.3) is 0 Å². The predicted octanol–water partition coefficient (Wildman–Crippen LogP) is 2.31. The second-order valence-electron chi connectivity index (χ2n) is 3.69. The molecule has 1 rings (SSSR count). The summed E-state index contributed by atoms with van der Waals surface area (Å²) in [6.07, 6.45) is 4.98. The van der Waals surface area contributed by atoms with E-state index in [2.05, 4.69) is 5.32 Å². The molecule has 0 bridgehead atoms. The lowest BCUT2D eigenvalue weighted by molar-refractivity contribution is -0.136. The maximum atomic E-state index is 11.5. The van der Waals surface area contributed by atoms with E-state index in [1.807, 2.05) is 6.92 Å². The highest BCUT2D eigenvalue weighted by atomic mass is 32.1. The second-order valence-corrected chi connectivity index (χ2v) is 4.30. The number of hydrogen-bond acceptors (Lipinski definition) is 3. The molecule has 0 atom stereocenters. The maximum Gasteiger partial charge on any atom is 0.335 e. The Kier molecular flexibility index (Phi) is 4.75. The highest BCUT2D eigenvalue weighted by molar-refractivity contribution is 7.80. The summed E-state index contributed by atoms with van der Waals surface area (Å²) in [5.41, 5.74) is 1.71. The standard InChI is InChI=1S/C11H17NO2S/c1-8(15)12-10-7-5-3-4-6-9(10)11(13)14-2/h3-7H2,1-2H3,(H,12,15). The quantitative estimate of drug-likeness (QED) is 0.580. The molecule has 1 N–H and O–H groups in total. The van der Waals surface area contributed by atoms with Gasteiger partial charge in [0.2, 0.25) is 0 Å². The number of rotatable bonds is 2. The number of allylic oxidation sites excluding steroid dienone is 1. The van der Waals surface area contributed by atoms with E-state index in [9.17, 15) is 4.79 Å². The first-order valence-electron chi connectivity index (χ1n) is 5.23. The first-order chi connectivity index (χ1) is 7.15. The number of nitrogens with one attached hydrogen (secondary N) is 1. The molecule has 0 fully saturated rings. The van der Waals surface area contributed by atoms with Crippen molar-refractivity contribution in [3.63, 3.8) is 0 Å². The fraction of sp³-hybridized carbons (Fsp3) is 0.636. The van der Waals surface area contributed by atoms with Crippen LogP contribution in [-0.2, 0) is 9.53 Å². The Hall–Kier alpha value is -0.900. The molecule has 0 aromatic heterocycles. The number of methoxy groups -OCH3 is 1. The van der Waals surface area contributed by atoms with Crippen LogP contribution in [0, 0.1) is 0 Å². The maximum absolute atomic E-state index is 11.5. The minimum absolute atomic E-state index is 0.226. The second kappa shape index (κ2) is 5.85. The molecule has 0 aliphatic heterocycles. The van der Waals surface area contributed by atoms with Gasteiger partial charge < -0.3 is 10.1 Å². The summed E-state index contributed by atoms with van der Waals surface area (Å²) in [5.74, 6) is -0.226. The van der Waals surface area contributed by atoms with Crippen molar-refractivity contribution in [1.82, 2.24) is 5.32 Å². The van der Waals surface area contributed by atoms with Crippen molar-refractivity contribution in [2.45, 2.75) is 39.0 Å². The predicted molar refractivity (Wildman–Crippen MR) is 63.5 cm³/mol. The molecular formula is C11H17NO2S. The van der Waals surface area contributed by atoms with Gasteiger partial charge in [0.15, 0.2) is 0 Å². The molecule has 1 aliphatic rings. The lowest BCUT2D eigenvalue weighted by Crippen LogP contribution is -2.21. The van der Waals surface area contributed by atoms with Crippen molar-refractivity contribution in [2.75, 3.05) is 7.11 Å². The molecule has 0 aromatic carbocycles. The molecule has 0 heterocycles. The van der Waals surface area contributed by atoms with Crippen molar-refractivity contribution < 1.29 is 9.53 Å². The summed E-state index contributed by atoms with van der Waals surface area (Å²) in [6, 6.07) is 0. The third kappa shape index (κ3) is 3.63. The summed E-state index contributed by atoms with van der Waals surface area (Å²) >= 11 is 5.00. The summed E-state index contributed by atoms with van der Waals surface area (Å²) in [6.45, 7) is 1.82. The van der Waals surface area contributed by atoms with Crippen LogP contribution >= 0.6 is 12.2 Å². The Morgan fingerprint density at radius 2 is 2.00 bits per heavy atom. The first-order valence-corrected chi connectivity index (χ1v) is 5.64. The van der Waals surface area contributed by atoms with Gasteiger partial charge in [-0.15, -0.1) is 0 Å². The summed E-state index contributed by atoms with van der Waals surface area (Å²) in [4.78, 5) is 12.3. The van der Waals surface area contributed by atoms with E-state index in [1.165, 1.54) is 7.11 Å². The van der Waals surface area contributed by atoms with Crippen molar-refractivity contribution in [1.29, 1.82) is 0 Å². The average Bonchev–Trinajstić information content (AvgIpc) is 2.41. The van der Waals surface area contributed by atoms with Gasteiger partial charge >= 0.3 is 5.97 Å². The van der Waals surface area contributed by atoms with Crippen LogP contribution in [0.2, 0.25) is 0 Å². The van der Waals surface area contributed by atoms with Crippen LogP contribution in [-0.4, -0.2) is 18.1 Å². The normalized spacial score (nSPS) is 16.9. The number of carbonyl (C=O) groups excluding carboxylic acids is 1. The van der Waals surface area contributed by atoms with Gasteiger partial charge in [-0.2, -0.15) is 0 Å². The van der Waals surface area contributed by atoms with Gasteiger partial charge in [0, 0.05) is 5.70 Å². The van der Waals surface area contributed by atoms with Crippen LogP contribution in [0.5, 0.6) is 0 Å². The minimum atomic E-state index is -0.226. The SMILES string of the molecule is COC(=O)C1=C(NC(C)=S)CCCCC1. The van der Waals surface area contributed by atoms with E-state index in [0.29, 0.717) is 4.99 Å². The lowest BCUT2D eigenvalue weighted by atomic mass is 10.1. The van der Waals surface area contributed by atoms with Crippen LogP contribution in [0.1, 0.15) is 39.0 Å². The zero-order chi connectivity index (χ0) is 11.3. The topological polar surface area (TPSA) is 38.3 Å². The minimum Gasteiger partial charge on any atom is -0.466 e. The first kappa shape index (κ1) is 12.2. The number of hydrogen-bond donors (Lipinski definition) is 1. The van der Waals surface area contributed by atoms with Crippen LogP contribution in [0.4, 0.5) is 0 Å². The Bertz CT molecular complexity index is 297. The largest absolute Gasteiger partial charge is 0.466 e. The average molecular weight is 227 g/mol. The fourth-order valence-corrected chi connectivity index (χ4v) is 1.90. The van der Waals surface area contributed by atoms with E-state index < -0.39 is 0 Å². The Balaban J connectivity index is 2.89. The van der Waals surface area contributed by atoms with Crippen molar-refractivity contribution in [2.24, 2.45) is 0 Å². The Morgan fingerprint density at radius 1 is 1.33 bits per heavy atom. The van der Waals surface area contributed by atoms with Gasteiger partial charge in [-0.05, 0) is 32.6 Å². The molecule has 84 valence electrons. The zero-order valence-corrected chi connectivity index (χ0v) is 10.1. The van der Waals surface area contributed by atoms with E-state index in [1.54, 1.807) is 0 Å². The molecular weight excluding hydrogens is 210 g/mol. The van der Waals surface area contributed by atoms with Crippen molar-refractivity contribution in [3.05, 3.63) is 11.3 Å². The van der Waals surface area contributed by atoms with Gasteiger partial charge in [-0.1, -0.05) is 18.6 Å². The van der Waals surface area contributed by atoms with Gasteiger partial charge in [0.25, 0.3) is 0 Å². The van der Waals surface area contributed by atoms with Gasteiger partial charge in [-0.3, -0.25) is 0 Å². The Morgan fingerprint density at radius 3 is 2.60 bits per heavy atom. The molecule has 0 spiro atoms. The van der Waals surface area contributed by atoms with E-state index in [0.717, 1.165) is 43.4 Å². The number of esters is 1. The molecule has 0 saturated carbocycles. The molecule has 0 aromatic rings. The molecule has 0 unspecified atom stereocenters. The number of ether oxygens (including phenoxy) is 1. The third-order valence-electron chi connectivity index (χ3n) is 2.48. The molecule has 4 heteroatoms. The molecule has 15 heavy (non-hydrogen) atoms. The summed E-state index contributed by atoms with van der Waals surface area (Å²) < 4.78 is 4.78. The van der Waals surface area contributed by atoms with Crippen molar-refractivity contribution >= 4 is 23.2 Å². The Labute approximate surface area is 95.9 Å². The van der Waals surface area contributed by atoms with Crippen molar-refractivity contribution in [3.8, 4) is 0 Å². The molecule has 0 saturated heterocycles. The van der Waals surface area contributed by atoms with E-state index in [-0.39, 0.29) is 5.97 Å². The van der Waals surface area contributed by atoms with Gasteiger partial charge in [0.1, 0.15) is 0 Å². The molecule has 1 aliphatic carbocycles. The number of thiocarbonyl (C=S) groups is 1. The smallest absolute Gasteiger partial charge is 0.335 e. The van der Waals surface area contributed by atoms with Crippen LogP contribution < -0.4 is 5.32 Å². The lowest BCUT2D eigenvalue weighted by Gasteiger charge is -2.12. The molecule has 0 radical (unpaired) electrons. The molecule has 3 nitrogen and oxygen atoms in total. The fourth-order valence-electron chi connectivity index (χ4n) is 1.78. The number of carbonyl (C=O) groups is 1. The molecule has 0 amide bonds. The zero-order valence-electron chi connectivity index (χ0n) is 9.26. The highest BCUT2D eigenvalue weighted by Crippen LogP contribution is 2.23. The van der Waals surface area contributed by atoms with Crippen LogP contribution in [0.15, 0.2) is 11.3 Å². The van der Waals surface area contributed by atoms with Gasteiger partial charge in [-0.25, -0.2) is 4.79 Å². The monoisotopic (exact) mass is 227 g/mol. The van der Waals surface area contributed by atoms with Crippen LogP contribution in [0.3, 0.4) is 0 Å². The van der Waals surface area contributed by atoms with E-state index in [4.69, 9.17) is 17.0 Å². The summed E-state index contributed by atoms with van der Waals surface area (Å²) in [7, 11) is 1.42.